The Balaban J connectivity index is 1.50. The smallest absolute Gasteiger partial charge is 0.374 e. The Morgan fingerprint density at radius 2 is 2.00 bits per heavy atom. The molecule has 1 aliphatic rings. The molecule has 0 bridgehead atoms. The Morgan fingerprint density at radius 3 is 2.79 bits per heavy atom. The molecule has 0 aliphatic carbocycles. The zero-order chi connectivity index (χ0) is 23.7. The third kappa shape index (κ3) is 4.38. The van der Waals surface area contributed by atoms with Gasteiger partial charge in [-0.2, -0.15) is 0 Å². The van der Waals surface area contributed by atoms with E-state index in [1.807, 2.05) is 24.3 Å². The third-order valence-electron chi connectivity index (χ3n) is 6.14. The van der Waals surface area contributed by atoms with Gasteiger partial charge in [-0.25, -0.2) is 14.8 Å². The standard InChI is InChI=1S/C25H28N4O4S/c1-4-32-25(30)22-18(17-7-5-6-8-19(17)33-22)13-26-23-21-15(2)16(3)34-24(21)28-20(27-23)14-29-9-11-31-12-10-29/h5-8H,4,9-14H2,1-3H3,(H,26,27,28). The summed E-state index contributed by atoms with van der Waals surface area (Å²) in [7, 11) is 0. The maximum absolute atomic E-state index is 12.6. The van der Waals surface area contributed by atoms with Crippen LogP contribution in [-0.2, 0) is 22.6 Å². The SMILES string of the molecule is CCOC(=O)c1oc2ccccc2c1CNc1nc(CN2CCOCC2)nc2sc(C)c(C)c12. The molecule has 1 fully saturated rings. The van der Waals surface area contributed by atoms with Gasteiger partial charge in [-0.3, -0.25) is 4.90 Å². The number of para-hydroxylation sites is 1. The second-order valence-electron chi connectivity index (χ2n) is 8.32. The molecular weight excluding hydrogens is 452 g/mol. The Labute approximate surface area is 201 Å². The minimum atomic E-state index is -0.459. The number of carbonyl (C=O) groups is 1. The van der Waals surface area contributed by atoms with Crippen molar-refractivity contribution in [2.75, 3.05) is 38.2 Å². The van der Waals surface area contributed by atoms with Gasteiger partial charge in [0.15, 0.2) is 0 Å². The molecule has 5 rings (SSSR count). The zero-order valence-electron chi connectivity index (χ0n) is 19.6. The maximum Gasteiger partial charge on any atom is 0.374 e. The zero-order valence-corrected chi connectivity index (χ0v) is 20.5. The summed E-state index contributed by atoms with van der Waals surface area (Å²) in [5.74, 6) is 1.32. The molecule has 34 heavy (non-hydrogen) atoms. The van der Waals surface area contributed by atoms with Crippen LogP contribution in [0, 0.1) is 13.8 Å². The Bertz CT molecular complexity index is 1340. The quantitative estimate of drug-likeness (QED) is 0.382. The van der Waals surface area contributed by atoms with Gasteiger partial charge < -0.3 is 19.2 Å². The van der Waals surface area contributed by atoms with Crippen LogP contribution in [0.3, 0.4) is 0 Å². The number of hydrogen-bond donors (Lipinski definition) is 1. The summed E-state index contributed by atoms with van der Waals surface area (Å²) in [5, 5.41) is 5.41. The van der Waals surface area contributed by atoms with Crippen molar-refractivity contribution in [3.05, 3.63) is 51.9 Å². The molecule has 0 amide bonds. The number of anilines is 1. The molecular formula is C25H28N4O4S. The molecule has 0 unspecified atom stereocenters. The van der Waals surface area contributed by atoms with Crippen LogP contribution in [0.2, 0.25) is 0 Å². The van der Waals surface area contributed by atoms with Crippen molar-refractivity contribution in [3.8, 4) is 0 Å². The number of benzene rings is 1. The van der Waals surface area contributed by atoms with E-state index in [1.54, 1.807) is 18.3 Å². The third-order valence-corrected chi connectivity index (χ3v) is 7.24. The molecule has 1 N–H and O–H groups in total. The molecule has 9 heteroatoms. The van der Waals surface area contributed by atoms with Gasteiger partial charge in [-0.05, 0) is 32.4 Å². The first-order chi connectivity index (χ1) is 16.5. The molecule has 4 heterocycles. The largest absolute Gasteiger partial charge is 0.460 e. The molecule has 8 nitrogen and oxygen atoms in total. The van der Waals surface area contributed by atoms with Gasteiger partial charge in [0.1, 0.15) is 22.1 Å². The number of furan rings is 1. The summed E-state index contributed by atoms with van der Waals surface area (Å²) < 4.78 is 16.6. The number of thiophene rings is 1. The molecule has 178 valence electrons. The number of fused-ring (bicyclic) bond motifs is 2. The Kier molecular flexibility index (Phi) is 6.49. The van der Waals surface area contributed by atoms with Crippen molar-refractivity contribution in [1.29, 1.82) is 0 Å². The second-order valence-corrected chi connectivity index (χ2v) is 9.52. The number of aryl methyl sites for hydroxylation is 2. The van der Waals surface area contributed by atoms with Crippen LogP contribution in [0.1, 0.15) is 39.3 Å². The lowest BCUT2D eigenvalue weighted by Gasteiger charge is -2.25. The number of ether oxygens (including phenoxy) is 2. The fourth-order valence-corrected chi connectivity index (χ4v) is 5.31. The Hall–Kier alpha value is -3.01. The van der Waals surface area contributed by atoms with Crippen molar-refractivity contribution in [2.24, 2.45) is 0 Å². The van der Waals surface area contributed by atoms with Crippen LogP contribution in [0.15, 0.2) is 28.7 Å². The Morgan fingerprint density at radius 1 is 1.21 bits per heavy atom. The molecule has 0 atom stereocenters. The molecule has 0 spiro atoms. The van der Waals surface area contributed by atoms with Crippen molar-refractivity contribution in [2.45, 2.75) is 33.9 Å². The number of nitrogens with zero attached hydrogens (tertiary/aromatic N) is 3. The monoisotopic (exact) mass is 480 g/mol. The van der Waals surface area contributed by atoms with E-state index in [0.29, 0.717) is 18.7 Å². The fourth-order valence-electron chi connectivity index (χ4n) is 4.26. The first-order valence-corrected chi connectivity index (χ1v) is 12.3. The maximum atomic E-state index is 12.6. The highest BCUT2D eigenvalue weighted by atomic mass is 32.1. The number of rotatable bonds is 7. The van der Waals surface area contributed by atoms with E-state index >= 15 is 0 Å². The van der Waals surface area contributed by atoms with Crippen LogP contribution in [0.5, 0.6) is 0 Å². The normalized spacial score (nSPS) is 14.7. The molecule has 1 aliphatic heterocycles. The van der Waals surface area contributed by atoms with E-state index in [9.17, 15) is 4.79 Å². The van der Waals surface area contributed by atoms with E-state index in [4.69, 9.17) is 23.9 Å². The molecule has 0 saturated carbocycles. The molecule has 3 aromatic heterocycles. The molecule has 0 radical (unpaired) electrons. The van der Waals surface area contributed by atoms with Crippen molar-refractivity contribution in [1.82, 2.24) is 14.9 Å². The minimum Gasteiger partial charge on any atom is -0.460 e. The fraction of sp³-hybridized carbons (Fsp3) is 0.400. The number of aromatic nitrogens is 2. The number of esters is 1. The number of morpholine rings is 1. The predicted molar refractivity (Wildman–Crippen MR) is 132 cm³/mol. The van der Waals surface area contributed by atoms with Crippen LogP contribution < -0.4 is 5.32 Å². The summed E-state index contributed by atoms with van der Waals surface area (Å²) >= 11 is 1.68. The van der Waals surface area contributed by atoms with Crippen molar-refractivity contribution in [3.63, 3.8) is 0 Å². The van der Waals surface area contributed by atoms with E-state index in [0.717, 1.165) is 59.1 Å². The summed E-state index contributed by atoms with van der Waals surface area (Å²) in [4.78, 5) is 26.9. The van der Waals surface area contributed by atoms with E-state index in [1.165, 1.54) is 10.4 Å². The number of carbonyl (C=O) groups excluding carboxylic acids is 1. The average molecular weight is 481 g/mol. The van der Waals surface area contributed by atoms with Gasteiger partial charge in [0.2, 0.25) is 5.76 Å². The van der Waals surface area contributed by atoms with Gasteiger partial charge in [-0.15, -0.1) is 11.3 Å². The van der Waals surface area contributed by atoms with Crippen molar-refractivity contribution >= 4 is 44.3 Å². The average Bonchev–Trinajstić information content (AvgIpc) is 3.35. The van der Waals surface area contributed by atoms with Gasteiger partial charge in [0.05, 0.1) is 31.8 Å². The van der Waals surface area contributed by atoms with E-state index in [-0.39, 0.29) is 12.4 Å². The molecule has 1 saturated heterocycles. The predicted octanol–water partition coefficient (Wildman–Crippen LogP) is 4.68. The topological polar surface area (TPSA) is 89.7 Å². The van der Waals surface area contributed by atoms with E-state index in [2.05, 4.69) is 24.1 Å². The first kappa shape index (κ1) is 22.8. The highest BCUT2D eigenvalue weighted by Gasteiger charge is 2.23. The second kappa shape index (κ2) is 9.69. The van der Waals surface area contributed by atoms with E-state index < -0.39 is 5.97 Å². The number of nitrogens with one attached hydrogen (secondary N) is 1. The van der Waals surface area contributed by atoms with Gasteiger partial charge in [0, 0.05) is 35.5 Å². The summed E-state index contributed by atoms with van der Waals surface area (Å²) in [6.45, 7) is 10.5. The van der Waals surface area contributed by atoms with Crippen LogP contribution >= 0.6 is 11.3 Å². The first-order valence-electron chi connectivity index (χ1n) is 11.5. The van der Waals surface area contributed by atoms with Crippen LogP contribution in [0.4, 0.5) is 5.82 Å². The van der Waals surface area contributed by atoms with Gasteiger partial charge in [-0.1, -0.05) is 18.2 Å². The summed E-state index contributed by atoms with van der Waals surface area (Å²) in [6.07, 6.45) is 0. The van der Waals surface area contributed by atoms with Crippen LogP contribution in [-0.4, -0.2) is 53.7 Å². The molecule has 4 aromatic rings. The van der Waals surface area contributed by atoms with Gasteiger partial charge in [0.25, 0.3) is 0 Å². The molecule has 1 aromatic carbocycles. The summed E-state index contributed by atoms with van der Waals surface area (Å²) in [6, 6.07) is 7.64. The lowest BCUT2D eigenvalue weighted by molar-refractivity contribution is 0.0331. The lowest BCUT2D eigenvalue weighted by Crippen LogP contribution is -2.36. The highest BCUT2D eigenvalue weighted by molar-refractivity contribution is 7.18. The highest BCUT2D eigenvalue weighted by Crippen LogP contribution is 2.34. The number of hydrogen-bond acceptors (Lipinski definition) is 9. The van der Waals surface area contributed by atoms with Crippen molar-refractivity contribution < 1.29 is 18.7 Å². The minimum absolute atomic E-state index is 0.229. The van der Waals surface area contributed by atoms with Crippen LogP contribution in [0.25, 0.3) is 21.2 Å². The summed E-state index contributed by atoms with van der Waals surface area (Å²) in [5.41, 5.74) is 2.59. The van der Waals surface area contributed by atoms with Gasteiger partial charge >= 0.3 is 5.97 Å². The lowest BCUT2D eigenvalue weighted by atomic mass is 10.1.